The lowest BCUT2D eigenvalue weighted by atomic mass is 10.3. The van der Waals surface area contributed by atoms with Gasteiger partial charge in [-0.05, 0) is 12.1 Å². The first-order chi connectivity index (χ1) is 7.77. The number of halogens is 1. The molecule has 1 aromatic carbocycles. The number of hydrogen-bond donors (Lipinski definition) is 0. The molecule has 0 saturated carbocycles. The van der Waals surface area contributed by atoms with E-state index < -0.39 is 16.6 Å². The molecule has 0 saturated heterocycles. The summed E-state index contributed by atoms with van der Waals surface area (Å²) in [4.78, 5) is 4.15. The van der Waals surface area contributed by atoms with Gasteiger partial charge in [0.25, 0.3) is 0 Å². The fourth-order valence-corrected chi connectivity index (χ4v) is 2.46. The molecule has 1 atom stereocenters. The third-order valence-corrected chi connectivity index (χ3v) is 3.55. The molecule has 16 heavy (non-hydrogen) atoms. The van der Waals surface area contributed by atoms with Crippen LogP contribution in [0.1, 0.15) is 0 Å². The van der Waals surface area contributed by atoms with Crippen molar-refractivity contribution in [3.05, 3.63) is 48.8 Å². The van der Waals surface area contributed by atoms with Crippen molar-refractivity contribution in [1.82, 2.24) is 9.55 Å². The van der Waals surface area contributed by atoms with Crippen molar-refractivity contribution < 1.29 is 8.60 Å². The first-order valence-electron chi connectivity index (χ1n) is 4.86. The highest BCUT2D eigenvalue weighted by Crippen LogP contribution is 2.11. The normalized spacial score (nSPS) is 12.6. The van der Waals surface area contributed by atoms with Gasteiger partial charge >= 0.3 is 0 Å². The van der Waals surface area contributed by atoms with Crippen molar-refractivity contribution in [3.8, 4) is 0 Å². The van der Waals surface area contributed by atoms with Crippen LogP contribution in [-0.4, -0.2) is 19.5 Å². The first-order valence-corrected chi connectivity index (χ1v) is 6.18. The minimum absolute atomic E-state index is 0.266. The second-order valence-corrected chi connectivity index (χ2v) is 4.82. The van der Waals surface area contributed by atoms with E-state index in [1.165, 1.54) is 6.07 Å². The fourth-order valence-electron chi connectivity index (χ4n) is 1.35. The van der Waals surface area contributed by atoms with Crippen LogP contribution in [0, 0.1) is 5.82 Å². The molecule has 2 aromatic rings. The highest BCUT2D eigenvalue weighted by Gasteiger charge is 2.08. The number of imidazole rings is 1. The van der Waals surface area contributed by atoms with E-state index in [9.17, 15) is 8.60 Å². The summed E-state index contributed by atoms with van der Waals surface area (Å²) < 4.78 is 26.9. The van der Waals surface area contributed by atoms with Gasteiger partial charge in [-0.2, -0.15) is 0 Å². The zero-order valence-electron chi connectivity index (χ0n) is 8.54. The molecular formula is C11H11FN2OS. The molecule has 0 amide bonds. The molecular weight excluding hydrogens is 227 g/mol. The van der Waals surface area contributed by atoms with Crippen molar-refractivity contribution >= 4 is 10.8 Å². The highest BCUT2D eigenvalue weighted by atomic mass is 32.2. The molecule has 2 rings (SSSR count). The predicted molar refractivity (Wildman–Crippen MR) is 59.9 cm³/mol. The van der Waals surface area contributed by atoms with Crippen LogP contribution in [0.25, 0.3) is 0 Å². The van der Waals surface area contributed by atoms with Crippen molar-refractivity contribution in [2.75, 3.05) is 5.75 Å². The monoisotopic (exact) mass is 238 g/mol. The molecule has 1 unspecified atom stereocenters. The highest BCUT2D eigenvalue weighted by molar-refractivity contribution is 7.85. The summed E-state index contributed by atoms with van der Waals surface area (Å²) in [5.74, 6) is -0.0245. The minimum Gasteiger partial charge on any atom is -0.337 e. The van der Waals surface area contributed by atoms with Crippen LogP contribution in [-0.2, 0) is 17.3 Å². The van der Waals surface area contributed by atoms with Gasteiger partial charge in [-0.3, -0.25) is 4.21 Å². The van der Waals surface area contributed by atoms with Crippen LogP contribution in [0.5, 0.6) is 0 Å². The predicted octanol–water partition coefficient (Wildman–Crippen LogP) is 1.83. The Balaban J connectivity index is 2.01. The van der Waals surface area contributed by atoms with Crippen LogP contribution >= 0.6 is 0 Å². The maximum Gasteiger partial charge on any atom is 0.139 e. The quantitative estimate of drug-likeness (QED) is 0.814. The van der Waals surface area contributed by atoms with E-state index >= 15 is 0 Å². The largest absolute Gasteiger partial charge is 0.337 e. The maximum absolute atomic E-state index is 13.3. The lowest BCUT2D eigenvalue weighted by Gasteiger charge is -2.04. The summed E-state index contributed by atoms with van der Waals surface area (Å²) in [7, 11) is -1.30. The van der Waals surface area contributed by atoms with E-state index in [0.29, 0.717) is 12.3 Å². The summed E-state index contributed by atoms with van der Waals surface area (Å²) in [6, 6.07) is 6.16. The van der Waals surface area contributed by atoms with Crippen LogP contribution in [0.2, 0.25) is 0 Å². The Hall–Kier alpha value is -1.49. The Morgan fingerprint density at radius 3 is 2.88 bits per heavy atom. The summed E-state index contributed by atoms with van der Waals surface area (Å²) >= 11 is 0. The third kappa shape index (κ3) is 2.55. The van der Waals surface area contributed by atoms with E-state index in [4.69, 9.17) is 0 Å². The van der Waals surface area contributed by atoms with Crippen molar-refractivity contribution in [1.29, 1.82) is 0 Å². The molecule has 0 radical (unpaired) electrons. The van der Waals surface area contributed by atoms with Gasteiger partial charge in [0.2, 0.25) is 0 Å². The van der Waals surface area contributed by atoms with Gasteiger partial charge in [0.05, 0.1) is 22.0 Å². The molecule has 0 aliphatic heterocycles. The Labute approximate surface area is 95.4 Å². The van der Waals surface area contributed by atoms with Crippen LogP contribution in [0.15, 0.2) is 47.9 Å². The first kappa shape index (κ1) is 11.0. The standard InChI is InChI=1S/C11H11FN2OS/c12-10-3-1-2-4-11(10)16(15)8-7-14-6-5-13-9-14/h1-6,9H,7-8H2. The number of aromatic nitrogens is 2. The molecule has 0 N–H and O–H groups in total. The van der Waals surface area contributed by atoms with E-state index in [2.05, 4.69) is 4.98 Å². The molecule has 0 aliphatic carbocycles. The Kier molecular flexibility index (Phi) is 3.46. The average molecular weight is 238 g/mol. The van der Waals surface area contributed by atoms with Gasteiger partial charge in [0.1, 0.15) is 5.82 Å². The fraction of sp³-hybridized carbons (Fsp3) is 0.182. The maximum atomic E-state index is 13.3. The van der Waals surface area contributed by atoms with Crippen molar-refractivity contribution in [2.24, 2.45) is 0 Å². The summed E-state index contributed by atoms with van der Waals surface area (Å²) in [5, 5.41) is 0. The second kappa shape index (κ2) is 5.03. The van der Waals surface area contributed by atoms with E-state index in [0.717, 1.165) is 0 Å². The number of aryl methyl sites for hydroxylation is 1. The van der Waals surface area contributed by atoms with E-state index in [1.54, 1.807) is 36.9 Å². The Bertz CT molecular complexity index is 484. The van der Waals surface area contributed by atoms with E-state index in [-0.39, 0.29) is 4.90 Å². The summed E-state index contributed by atoms with van der Waals surface area (Å²) in [5.41, 5.74) is 0. The number of hydrogen-bond acceptors (Lipinski definition) is 2. The molecule has 0 spiro atoms. The SMILES string of the molecule is O=S(CCn1ccnc1)c1ccccc1F. The molecule has 1 heterocycles. The Morgan fingerprint density at radius 2 is 2.19 bits per heavy atom. The smallest absolute Gasteiger partial charge is 0.139 e. The molecule has 84 valence electrons. The van der Waals surface area contributed by atoms with Gasteiger partial charge in [-0.1, -0.05) is 12.1 Å². The van der Waals surface area contributed by atoms with Gasteiger partial charge in [-0.25, -0.2) is 9.37 Å². The zero-order chi connectivity index (χ0) is 11.4. The number of nitrogens with zero attached hydrogens (tertiary/aromatic N) is 2. The molecule has 0 fully saturated rings. The van der Waals surface area contributed by atoms with Gasteiger partial charge in [0, 0.05) is 24.7 Å². The summed E-state index contributed by atoms with van der Waals surface area (Å²) in [6.45, 7) is 0.570. The average Bonchev–Trinajstić information content (AvgIpc) is 2.79. The molecule has 0 bridgehead atoms. The minimum atomic E-state index is -1.30. The second-order valence-electron chi connectivity index (χ2n) is 3.28. The molecule has 3 nitrogen and oxygen atoms in total. The van der Waals surface area contributed by atoms with Gasteiger partial charge in [0.15, 0.2) is 0 Å². The zero-order valence-corrected chi connectivity index (χ0v) is 9.36. The van der Waals surface area contributed by atoms with Crippen LogP contribution in [0.4, 0.5) is 4.39 Å². The molecule has 5 heteroatoms. The third-order valence-electron chi connectivity index (χ3n) is 2.18. The number of benzene rings is 1. The summed E-state index contributed by atoms with van der Waals surface area (Å²) in [6.07, 6.45) is 5.10. The van der Waals surface area contributed by atoms with Crippen LogP contribution < -0.4 is 0 Å². The van der Waals surface area contributed by atoms with Gasteiger partial charge < -0.3 is 4.57 Å². The van der Waals surface area contributed by atoms with Gasteiger partial charge in [-0.15, -0.1) is 0 Å². The lowest BCUT2D eigenvalue weighted by Crippen LogP contribution is -2.07. The van der Waals surface area contributed by atoms with Crippen LogP contribution in [0.3, 0.4) is 0 Å². The number of rotatable bonds is 4. The molecule has 1 aromatic heterocycles. The van der Waals surface area contributed by atoms with Crippen molar-refractivity contribution in [2.45, 2.75) is 11.4 Å². The topological polar surface area (TPSA) is 34.9 Å². The lowest BCUT2D eigenvalue weighted by molar-refractivity contribution is 0.594. The molecule has 0 aliphatic rings. The van der Waals surface area contributed by atoms with Crippen molar-refractivity contribution in [3.63, 3.8) is 0 Å². The van der Waals surface area contributed by atoms with E-state index in [1.807, 2.05) is 4.57 Å². The Morgan fingerprint density at radius 1 is 1.38 bits per heavy atom.